The maximum atomic E-state index is 11.8. The second-order valence-electron chi connectivity index (χ2n) is 4.09. The molecule has 1 N–H and O–H groups in total. The number of hydrogen-bond donors (Lipinski definition) is 2. The summed E-state index contributed by atoms with van der Waals surface area (Å²) in [5.41, 5.74) is 1.09. The summed E-state index contributed by atoms with van der Waals surface area (Å²) < 4.78 is 4.61. The molecule has 2 rings (SSSR count). The van der Waals surface area contributed by atoms with Crippen molar-refractivity contribution in [3.05, 3.63) is 48.1 Å². The summed E-state index contributed by atoms with van der Waals surface area (Å²) >= 11 is 4.32. The number of rotatable bonds is 6. The third-order valence-corrected chi connectivity index (χ3v) is 3.05. The zero-order valence-electron chi connectivity index (χ0n) is 10.3. The Morgan fingerprint density at radius 3 is 2.84 bits per heavy atom. The third-order valence-electron chi connectivity index (χ3n) is 2.63. The Hall–Kier alpha value is -1.82. The van der Waals surface area contributed by atoms with E-state index < -0.39 is 0 Å². The molecule has 19 heavy (non-hydrogen) atoms. The standard InChI is InChI=1S/C13H15N3O2S/c17-13(14-7-6-12-15-9-18-16-12)11(19)8-10-4-2-1-3-5-10/h1-5,9,11,19H,6-8H2,(H,14,17). The van der Waals surface area contributed by atoms with Gasteiger partial charge in [0.1, 0.15) is 0 Å². The summed E-state index contributed by atoms with van der Waals surface area (Å²) in [5.74, 6) is 0.495. The lowest BCUT2D eigenvalue weighted by atomic mass is 10.1. The molecular weight excluding hydrogens is 262 g/mol. The second-order valence-corrected chi connectivity index (χ2v) is 4.72. The van der Waals surface area contributed by atoms with Crippen LogP contribution in [-0.2, 0) is 17.6 Å². The fourth-order valence-electron chi connectivity index (χ4n) is 1.65. The van der Waals surface area contributed by atoms with E-state index in [0.29, 0.717) is 25.2 Å². The van der Waals surface area contributed by atoms with E-state index in [-0.39, 0.29) is 11.2 Å². The van der Waals surface area contributed by atoms with E-state index in [0.717, 1.165) is 5.56 Å². The first-order valence-electron chi connectivity index (χ1n) is 6.00. The van der Waals surface area contributed by atoms with Gasteiger partial charge in [-0.05, 0) is 12.0 Å². The number of carbonyl (C=O) groups is 1. The van der Waals surface area contributed by atoms with Crippen molar-refractivity contribution < 1.29 is 9.32 Å². The minimum absolute atomic E-state index is 0.0873. The van der Waals surface area contributed by atoms with Gasteiger partial charge < -0.3 is 9.84 Å². The predicted octanol–water partition coefficient (Wildman–Crippen LogP) is 1.27. The van der Waals surface area contributed by atoms with Crippen LogP contribution in [0.1, 0.15) is 11.4 Å². The molecule has 0 spiro atoms. The monoisotopic (exact) mass is 277 g/mol. The SMILES string of the molecule is O=C(NCCc1ncon1)C(S)Cc1ccccc1. The minimum atomic E-state index is -0.354. The number of nitrogens with zero attached hydrogens (tertiary/aromatic N) is 2. The van der Waals surface area contributed by atoms with Crippen LogP contribution in [0.25, 0.3) is 0 Å². The summed E-state index contributed by atoms with van der Waals surface area (Å²) in [4.78, 5) is 15.7. The van der Waals surface area contributed by atoms with Gasteiger partial charge in [-0.1, -0.05) is 35.5 Å². The molecular formula is C13H15N3O2S. The molecule has 0 saturated heterocycles. The van der Waals surface area contributed by atoms with Crippen molar-refractivity contribution in [3.8, 4) is 0 Å². The number of carbonyl (C=O) groups excluding carboxylic acids is 1. The summed E-state index contributed by atoms with van der Waals surface area (Å²) in [6.07, 6.45) is 2.43. The highest BCUT2D eigenvalue weighted by Gasteiger charge is 2.14. The third kappa shape index (κ3) is 4.40. The Morgan fingerprint density at radius 2 is 2.16 bits per heavy atom. The van der Waals surface area contributed by atoms with E-state index in [1.54, 1.807) is 0 Å². The summed E-state index contributed by atoms with van der Waals surface area (Å²) in [7, 11) is 0. The molecule has 2 aromatic rings. The van der Waals surface area contributed by atoms with Gasteiger partial charge in [-0.2, -0.15) is 17.6 Å². The molecule has 1 atom stereocenters. The fraction of sp³-hybridized carbons (Fsp3) is 0.308. The highest BCUT2D eigenvalue weighted by atomic mass is 32.1. The van der Waals surface area contributed by atoms with E-state index in [2.05, 4.69) is 32.6 Å². The average molecular weight is 277 g/mol. The van der Waals surface area contributed by atoms with Gasteiger partial charge in [0.05, 0.1) is 5.25 Å². The largest absolute Gasteiger partial charge is 0.355 e. The Morgan fingerprint density at radius 1 is 1.37 bits per heavy atom. The van der Waals surface area contributed by atoms with E-state index >= 15 is 0 Å². The highest BCUT2D eigenvalue weighted by Crippen LogP contribution is 2.07. The Bertz CT molecular complexity index is 502. The number of thiol groups is 1. The van der Waals surface area contributed by atoms with Crippen LogP contribution < -0.4 is 5.32 Å². The fourth-order valence-corrected chi connectivity index (χ4v) is 1.95. The van der Waals surface area contributed by atoms with Gasteiger partial charge in [-0.25, -0.2) is 0 Å². The second kappa shape index (κ2) is 6.94. The number of amides is 1. The molecule has 1 unspecified atom stereocenters. The molecule has 0 aliphatic rings. The number of benzene rings is 1. The number of hydrogen-bond acceptors (Lipinski definition) is 5. The molecule has 0 bridgehead atoms. The molecule has 6 heteroatoms. The zero-order valence-corrected chi connectivity index (χ0v) is 11.2. The normalized spacial score (nSPS) is 12.1. The smallest absolute Gasteiger partial charge is 0.233 e. The first-order chi connectivity index (χ1) is 9.25. The molecule has 0 saturated carbocycles. The molecule has 0 fully saturated rings. The highest BCUT2D eigenvalue weighted by molar-refractivity contribution is 7.81. The van der Waals surface area contributed by atoms with Crippen molar-refractivity contribution in [1.82, 2.24) is 15.5 Å². The zero-order chi connectivity index (χ0) is 13.5. The molecule has 0 aliphatic heterocycles. The van der Waals surface area contributed by atoms with E-state index in [1.807, 2.05) is 30.3 Å². The molecule has 1 aromatic heterocycles. The van der Waals surface area contributed by atoms with Crippen molar-refractivity contribution in [1.29, 1.82) is 0 Å². The van der Waals surface area contributed by atoms with Gasteiger partial charge in [-0.15, -0.1) is 0 Å². The van der Waals surface area contributed by atoms with Gasteiger partial charge in [0.25, 0.3) is 0 Å². The Balaban J connectivity index is 1.73. The van der Waals surface area contributed by atoms with Gasteiger partial charge in [0.2, 0.25) is 12.3 Å². The van der Waals surface area contributed by atoms with Crippen LogP contribution in [0.4, 0.5) is 0 Å². The van der Waals surface area contributed by atoms with Crippen molar-refractivity contribution in [2.75, 3.05) is 6.54 Å². The first-order valence-corrected chi connectivity index (χ1v) is 6.52. The topological polar surface area (TPSA) is 68.0 Å². The molecule has 5 nitrogen and oxygen atoms in total. The quantitative estimate of drug-likeness (QED) is 0.780. The number of nitrogens with one attached hydrogen (secondary N) is 1. The lowest BCUT2D eigenvalue weighted by Crippen LogP contribution is -2.34. The molecule has 1 amide bonds. The van der Waals surface area contributed by atoms with E-state index in [9.17, 15) is 4.79 Å². The predicted molar refractivity (Wildman–Crippen MR) is 73.9 cm³/mol. The van der Waals surface area contributed by atoms with Crippen LogP contribution in [-0.4, -0.2) is 27.8 Å². The maximum Gasteiger partial charge on any atom is 0.233 e. The number of aromatic nitrogens is 2. The molecule has 0 radical (unpaired) electrons. The van der Waals surface area contributed by atoms with Crippen LogP contribution in [0.3, 0.4) is 0 Å². The van der Waals surface area contributed by atoms with Crippen molar-refractivity contribution in [3.63, 3.8) is 0 Å². The van der Waals surface area contributed by atoms with Crippen LogP contribution in [0.2, 0.25) is 0 Å². The summed E-state index contributed by atoms with van der Waals surface area (Å²) in [6, 6.07) is 9.81. The molecule has 1 aromatic carbocycles. The molecule has 0 aliphatic carbocycles. The average Bonchev–Trinajstić information content (AvgIpc) is 2.93. The lowest BCUT2D eigenvalue weighted by Gasteiger charge is -2.10. The van der Waals surface area contributed by atoms with Crippen molar-refractivity contribution in [2.45, 2.75) is 18.1 Å². The Kier molecular flexibility index (Phi) is 4.97. The molecule has 1 heterocycles. The van der Waals surface area contributed by atoms with E-state index in [1.165, 1.54) is 6.39 Å². The van der Waals surface area contributed by atoms with Gasteiger partial charge in [0, 0.05) is 13.0 Å². The summed E-state index contributed by atoms with van der Waals surface area (Å²) in [5, 5.41) is 6.12. The van der Waals surface area contributed by atoms with Gasteiger partial charge in [-0.3, -0.25) is 4.79 Å². The first kappa shape index (κ1) is 13.6. The minimum Gasteiger partial charge on any atom is -0.355 e. The molecule has 100 valence electrons. The lowest BCUT2D eigenvalue weighted by molar-refractivity contribution is -0.120. The van der Waals surface area contributed by atoms with Crippen LogP contribution in [0, 0.1) is 0 Å². The summed E-state index contributed by atoms with van der Waals surface area (Å²) in [6.45, 7) is 0.476. The van der Waals surface area contributed by atoms with E-state index in [4.69, 9.17) is 0 Å². The van der Waals surface area contributed by atoms with Gasteiger partial charge >= 0.3 is 0 Å². The van der Waals surface area contributed by atoms with Crippen molar-refractivity contribution >= 4 is 18.5 Å². The van der Waals surface area contributed by atoms with Crippen LogP contribution in [0.15, 0.2) is 41.2 Å². The van der Waals surface area contributed by atoms with Crippen molar-refractivity contribution in [2.24, 2.45) is 0 Å². The van der Waals surface area contributed by atoms with Crippen LogP contribution in [0.5, 0.6) is 0 Å². The van der Waals surface area contributed by atoms with Gasteiger partial charge in [0.15, 0.2) is 5.82 Å². The maximum absolute atomic E-state index is 11.8. The Labute approximate surface area is 116 Å². The van der Waals surface area contributed by atoms with Crippen LogP contribution >= 0.6 is 12.6 Å².